The van der Waals surface area contributed by atoms with Crippen molar-refractivity contribution in [2.45, 2.75) is 49.6 Å². The molecule has 0 unspecified atom stereocenters. The zero-order valence-corrected chi connectivity index (χ0v) is 13.1. The van der Waals surface area contributed by atoms with Crippen molar-refractivity contribution in [1.29, 1.82) is 0 Å². The summed E-state index contributed by atoms with van der Waals surface area (Å²) in [4.78, 5) is 0.237. The monoisotopic (exact) mass is 313 g/mol. The maximum atomic E-state index is 12.3. The highest BCUT2D eigenvalue weighted by Crippen LogP contribution is 2.15. The lowest BCUT2D eigenvalue weighted by atomic mass is 10.1. The van der Waals surface area contributed by atoms with Crippen molar-refractivity contribution >= 4 is 10.0 Å². The van der Waals surface area contributed by atoms with Gasteiger partial charge in [0.15, 0.2) is 0 Å². The Labute approximate surface area is 126 Å². The number of hydrogen-bond donors (Lipinski definition) is 2. The van der Waals surface area contributed by atoms with Crippen LogP contribution in [0, 0.1) is 0 Å². The molecule has 118 valence electrons. The zero-order valence-electron chi connectivity index (χ0n) is 12.3. The quantitative estimate of drug-likeness (QED) is 0.833. The van der Waals surface area contributed by atoms with Crippen LogP contribution in [-0.4, -0.2) is 38.9 Å². The first-order chi connectivity index (χ1) is 10.0. The number of nitrogens with one attached hydrogen (secondary N) is 1. The van der Waals surface area contributed by atoms with Crippen LogP contribution in [0.3, 0.4) is 0 Å². The molecule has 2 N–H and O–H groups in total. The number of ether oxygens (including phenoxy) is 1. The van der Waals surface area contributed by atoms with Gasteiger partial charge in [0.25, 0.3) is 0 Å². The maximum Gasteiger partial charge on any atom is 0.240 e. The molecule has 0 amide bonds. The van der Waals surface area contributed by atoms with E-state index in [1.165, 1.54) is 0 Å². The summed E-state index contributed by atoms with van der Waals surface area (Å²) in [5, 5.41) is 9.77. The second-order valence-corrected chi connectivity index (χ2v) is 7.12. The van der Waals surface area contributed by atoms with Gasteiger partial charge < -0.3 is 9.84 Å². The van der Waals surface area contributed by atoms with Gasteiger partial charge in [-0.05, 0) is 37.0 Å². The van der Waals surface area contributed by atoms with E-state index in [0.29, 0.717) is 13.0 Å². The molecule has 2 rings (SSSR count). The Kier molecular flexibility index (Phi) is 5.75. The van der Waals surface area contributed by atoms with E-state index >= 15 is 0 Å². The lowest BCUT2D eigenvalue weighted by Crippen LogP contribution is -2.48. The second kappa shape index (κ2) is 7.35. The average Bonchev–Trinajstić information content (AvgIpc) is 2.48. The van der Waals surface area contributed by atoms with Crippen LogP contribution in [0.5, 0.6) is 0 Å². The van der Waals surface area contributed by atoms with Crippen LogP contribution < -0.4 is 4.72 Å². The minimum atomic E-state index is -3.60. The Morgan fingerprint density at radius 3 is 2.67 bits per heavy atom. The number of hydrogen-bond acceptors (Lipinski definition) is 4. The van der Waals surface area contributed by atoms with Crippen molar-refractivity contribution in [2.75, 3.05) is 13.2 Å². The third kappa shape index (κ3) is 4.51. The fourth-order valence-corrected chi connectivity index (χ4v) is 3.65. The first kappa shape index (κ1) is 16.4. The van der Waals surface area contributed by atoms with Crippen LogP contribution >= 0.6 is 0 Å². The Balaban J connectivity index is 2.04. The summed E-state index contributed by atoms with van der Waals surface area (Å²) in [6.45, 7) is 2.76. The number of aryl methyl sites for hydroxylation is 1. The van der Waals surface area contributed by atoms with E-state index in [1.54, 1.807) is 12.1 Å². The molecule has 0 radical (unpaired) electrons. The molecule has 6 heteroatoms. The molecule has 1 aliphatic rings. The van der Waals surface area contributed by atoms with Crippen molar-refractivity contribution in [2.24, 2.45) is 0 Å². The Bertz CT molecular complexity index is 541. The Morgan fingerprint density at radius 1 is 1.33 bits per heavy atom. The van der Waals surface area contributed by atoms with Crippen LogP contribution in [0.1, 0.15) is 31.7 Å². The predicted octanol–water partition coefficient (Wildman–Crippen LogP) is 1.46. The Morgan fingerprint density at radius 2 is 2.05 bits per heavy atom. The van der Waals surface area contributed by atoms with Gasteiger partial charge in [0.2, 0.25) is 10.0 Å². The van der Waals surface area contributed by atoms with Crippen LogP contribution in [0.4, 0.5) is 0 Å². The highest BCUT2D eigenvalue weighted by molar-refractivity contribution is 7.89. The Hall–Kier alpha value is -0.950. The maximum absolute atomic E-state index is 12.3. The smallest absolute Gasteiger partial charge is 0.240 e. The number of aliphatic hydroxyl groups excluding tert-OH is 1. The average molecular weight is 313 g/mol. The summed E-state index contributed by atoms with van der Waals surface area (Å²) in [7, 11) is -3.60. The molecule has 0 bridgehead atoms. The van der Waals surface area contributed by atoms with Crippen molar-refractivity contribution in [1.82, 2.24) is 4.72 Å². The number of benzene rings is 1. The summed E-state index contributed by atoms with van der Waals surface area (Å²) >= 11 is 0. The fourth-order valence-electron chi connectivity index (χ4n) is 2.34. The van der Waals surface area contributed by atoms with Crippen LogP contribution in [-0.2, 0) is 21.2 Å². The third-order valence-corrected chi connectivity index (χ3v) is 5.19. The molecular weight excluding hydrogens is 290 g/mol. The molecule has 0 spiro atoms. The lowest BCUT2D eigenvalue weighted by molar-refractivity contribution is -0.0222. The number of aliphatic hydroxyl groups is 1. The number of rotatable bonds is 6. The SMILES string of the molecule is CCCCc1ccc(S(=O)(=O)N[C@@H]2CCOC[C@H]2O)cc1. The minimum absolute atomic E-state index is 0.170. The molecule has 21 heavy (non-hydrogen) atoms. The standard InChI is InChI=1S/C15H23NO4S/c1-2-3-4-12-5-7-13(8-6-12)21(18,19)16-14-9-10-20-11-15(14)17/h5-8,14-17H,2-4,9-11H2,1H3/t14-,15-/m1/s1. The van der Waals surface area contributed by atoms with Gasteiger partial charge in [-0.3, -0.25) is 0 Å². The number of unbranched alkanes of at least 4 members (excludes halogenated alkanes) is 1. The summed E-state index contributed by atoms with van der Waals surface area (Å²) in [6, 6.07) is 6.47. The van der Waals surface area contributed by atoms with Gasteiger partial charge in [-0.25, -0.2) is 13.1 Å². The molecule has 1 heterocycles. The molecule has 1 aromatic rings. The van der Waals surface area contributed by atoms with Gasteiger partial charge in [0.05, 0.1) is 23.6 Å². The van der Waals surface area contributed by atoms with E-state index < -0.39 is 22.2 Å². The zero-order chi connectivity index (χ0) is 15.3. The molecule has 2 atom stereocenters. The second-order valence-electron chi connectivity index (χ2n) is 5.41. The molecule has 1 aromatic carbocycles. The molecule has 0 saturated carbocycles. The van der Waals surface area contributed by atoms with Crippen molar-refractivity contribution < 1.29 is 18.3 Å². The molecule has 1 saturated heterocycles. The molecular formula is C15H23NO4S. The van der Waals surface area contributed by atoms with Crippen molar-refractivity contribution in [3.8, 4) is 0 Å². The molecule has 5 nitrogen and oxygen atoms in total. The highest BCUT2D eigenvalue weighted by Gasteiger charge is 2.28. The van der Waals surface area contributed by atoms with Crippen LogP contribution in [0.2, 0.25) is 0 Å². The summed E-state index contributed by atoms with van der Waals surface area (Å²) in [5.41, 5.74) is 1.14. The van der Waals surface area contributed by atoms with Gasteiger partial charge in [0, 0.05) is 6.61 Å². The molecule has 0 aliphatic carbocycles. The summed E-state index contributed by atoms with van der Waals surface area (Å²) in [5.74, 6) is 0. The normalized spacial score (nSPS) is 23.1. The largest absolute Gasteiger partial charge is 0.389 e. The predicted molar refractivity (Wildman–Crippen MR) is 80.6 cm³/mol. The van der Waals surface area contributed by atoms with E-state index in [0.717, 1.165) is 24.8 Å². The van der Waals surface area contributed by atoms with Gasteiger partial charge >= 0.3 is 0 Å². The van der Waals surface area contributed by atoms with E-state index in [9.17, 15) is 13.5 Å². The molecule has 0 aromatic heterocycles. The van der Waals surface area contributed by atoms with Gasteiger partial charge in [-0.15, -0.1) is 0 Å². The minimum Gasteiger partial charge on any atom is -0.389 e. The van der Waals surface area contributed by atoms with E-state index in [-0.39, 0.29) is 11.5 Å². The van der Waals surface area contributed by atoms with Gasteiger partial charge in [-0.1, -0.05) is 25.5 Å². The highest BCUT2D eigenvalue weighted by atomic mass is 32.2. The first-order valence-corrected chi connectivity index (χ1v) is 8.88. The summed E-state index contributed by atoms with van der Waals surface area (Å²) < 4.78 is 32.3. The van der Waals surface area contributed by atoms with Crippen molar-refractivity contribution in [3.63, 3.8) is 0 Å². The van der Waals surface area contributed by atoms with E-state index in [1.807, 2.05) is 12.1 Å². The van der Waals surface area contributed by atoms with E-state index in [2.05, 4.69) is 11.6 Å². The van der Waals surface area contributed by atoms with Crippen LogP contribution in [0.25, 0.3) is 0 Å². The fraction of sp³-hybridized carbons (Fsp3) is 0.600. The van der Waals surface area contributed by atoms with Gasteiger partial charge in [-0.2, -0.15) is 0 Å². The topological polar surface area (TPSA) is 75.6 Å². The lowest BCUT2D eigenvalue weighted by Gasteiger charge is -2.28. The molecule has 1 aliphatic heterocycles. The van der Waals surface area contributed by atoms with Crippen LogP contribution in [0.15, 0.2) is 29.2 Å². The molecule has 1 fully saturated rings. The summed E-state index contributed by atoms with van der Waals surface area (Å²) in [6.07, 6.45) is 2.86. The first-order valence-electron chi connectivity index (χ1n) is 7.40. The van der Waals surface area contributed by atoms with Gasteiger partial charge in [0.1, 0.15) is 0 Å². The van der Waals surface area contributed by atoms with Crippen molar-refractivity contribution in [3.05, 3.63) is 29.8 Å². The van der Waals surface area contributed by atoms with E-state index in [4.69, 9.17) is 4.74 Å². The third-order valence-electron chi connectivity index (χ3n) is 3.69. The number of sulfonamides is 1.